The molecule has 26 heavy (non-hydrogen) atoms. The number of ether oxygens (including phenoxy) is 2. The molecule has 7 heteroatoms. The third kappa shape index (κ3) is 6.65. The largest absolute Gasteiger partial charge is 0.508 e. The van der Waals surface area contributed by atoms with Crippen molar-refractivity contribution in [2.24, 2.45) is 5.16 Å². The first kappa shape index (κ1) is 20.2. The van der Waals surface area contributed by atoms with Crippen molar-refractivity contribution in [3.8, 4) is 17.2 Å². The number of benzene rings is 2. The Hall–Kier alpha value is -2.11. The van der Waals surface area contributed by atoms with Gasteiger partial charge in [0.15, 0.2) is 5.75 Å². The van der Waals surface area contributed by atoms with Crippen LogP contribution in [0.25, 0.3) is 0 Å². The molecule has 0 aliphatic heterocycles. The van der Waals surface area contributed by atoms with E-state index in [0.717, 1.165) is 17.7 Å². The molecule has 0 aliphatic carbocycles. The molecular formula is C19H21Cl2NO4. The summed E-state index contributed by atoms with van der Waals surface area (Å²) >= 11 is 12.0. The molecule has 0 unspecified atom stereocenters. The lowest BCUT2D eigenvalue weighted by Gasteiger charge is -2.11. The van der Waals surface area contributed by atoms with E-state index in [9.17, 15) is 5.11 Å². The van der Waals surface area contributed by atoms with Gasteiger partial charge in [-0.05, 0) is 36.2 Å². The fraction of sp³-hybridized carbons (Fsp3) is 0.316. The van der Waals surface area contributed by atoms with Gasteiger partial charge in [-0.3, -0.25) is 0 Å². The van der Waals surface area contributed by atoms with E-state index in [-0.39, 0.29) is 15.8 Å². The molecule has 2 rings (SSSR count). The zero-order chi connectivity index (χ0) is 18.8. The lowest BCUT2D eigenvalue weighted by atomic mass is 10.2. The van der Waals surface area contributed by atoms with Crippen LogP contribution in [0.2, 0.25) is 10.0 Å². The molecule has 0 saturated carbocycles. The molecule has 140 valence electrons. The lowest BCUT2D eigenvalue weighted by molar-refractivity contribution is 0.146. The summed E-state index contributed by atoms with van der Waals surface area (Å²) in [4.78, 5) is 5.06. The van der Waals surface area contributed by atoms with Gasteiger partial charge >= 0.3 is 0 Å². The van der Waals surface area contributed by atoms with E-state index < -0.39 is 0 Å². The number of oxime groups is 1. The highest BCUT2D eigenvalue weighted by molar-refractivity contribution is 6.37. The van der Waals surface area contributed by atoms with Crippen LogP contribution in [-0.2, 0) is 4.84 Å². The van der Waals surface area contributed by atoms with Crippen molar-refractivity contribution in [3.63, 3.8) is 0 Å². The molecule has 2 aromatic rings. The van der Waals surface area contributed by atoms with Crippen LogP contribution in [0.4, 0.5) is 0 Å². The molecule has 0 radical (unpaired) electrons. The molecule has 0 atom stereocenters. The summed E-state index contributed by atoms with van der Waals surface area (Å²) in [5.41, 5.74) is 0.938. The second kappa shape index (κ2) is 10.8. The number of hydrogen-bond donors (Lipinski definition) is 1. The molecule has 0 saturated heterocycles. The molecule has 0 spiro atoms. The van der Waals surface area contributed by atoms with Crippen LogP contribution in [0.3, 0.4) is 0 Å². The molecule has 0 amide bonds. The Morgan fingerprint density at radius 2 is 1.65 bits per heavy atom. The summed E-state index contributed by atoms with van der Waals surface area (Å²) < 4.78 is 11.2. The van der Waals surface area contributed by atoms with Gasteiger partial charge in [0, 0.05) is 18.6 Å². The Kier molecular flexibility index (Phi) is 8.38. The SMILES string of the molecule is CCCON=Cc1ccc(OCCCOc2c(Cl)cc(O)cc2Cl)cc1. The van der Waals surface area contributed by atoms with Crippen molar-refractivity contribution >= 4 is 29.4 Å². The quantitative estimate of drug-likeness (QED) is 0.335. The molecular weight excluding hydrogens is 377 g/mol. The Morgan fingerprint density at radius 3 is 2.31 bits per heavy atom. The van der Waals surface area contributed by atoms with Gasteiger partial charge in [-0.2, -0.15) is 0 Å². The number of phenolic OH excluding ortho intramolecular Hbond substituents is 1. The van der Waals surface area contributed by atoms with E-state index >= 15 is 0 Å². The van der Waals surface area contributed by atoms with E-state index in [2.05, 4.69) is 5.16 Å². The van der Waals surface area contributed by atoms with Crippen molar-refractivity contribution < 1.29 is 19.4 Å². The second-order valence-electron chi connectivity index (χ2n) is 5.43. The first-order valence-electron chi connectivity index (χ1n) is 8.29. The van der Waals surface area contributed by atoms with Crippen molar-refractivity contribution in [2.75, 3.05) is 19.8 Å². The molecule has 0 aromatic heterocycles. The highest BCUT2D eigenvalue weighted by Crippen LogP contribution is 2.36. The van der Waals surface area contributed by atoms with Crippen LogP contribution in [0.15, 0.2) is 41.6 Å². The normalized spacial score (nSPS) is 10.9. The van der Waals surface area contributed by atoms with Crippen LogP contribution < -0.4 is 9.47 Å². The second-order valence-corrected chi connectivity index (χ2v) is 6.24. The van der Waals surface area contributed by atoms with E-state index in [1.807, 2.05) is 31.2 Å². The van der Waals surface area contributed by atoms with E-state index in [0.29, 0.717) is 32.0 Å². The number of rotatable bonds is 10. The van der Waals surface area contributed by atoms with Crippen LogP contribution in [0.1, 0.15) is 25.3 Å². The third-order valence-corrected chi connectivity index (χ3v) is 3.80. The van der Waals surface area contributed by atoms with Gasteiger partial charge in [-0.15, -0.1) is 0 Å². The molecule has 0 aliphatic rings. The fourth-order valence-corrected chi connectivity index (χ4v) is 2.58. The van der Waals surface area contributed by atoms with Gasteiger partial charge in [0.1, 0.15) is 18.1 Å². The zero-order valence-corrected chi connectivity index (χ0v) is 16.0. The van der Waals surface area contributed by atoms with Gasteiger partial charge in [0.2, 0.25) is 0 Å². The van der Waals surface area contributed by atoms with Gasteiger partial charge in [0.25, 0.3) is 0 Å². The standard InChI is InChI=1S/C19H21Cl2NO4/c1-2-8-26-22-13-14-4-6-16(7-5-14)24-9-3-10-25-19-17(20)11-15(23)12-18(19)21/h4-7,11-13,23H,2-3,8-10H2,1H3. The van der Waals surface area contributed by atoms with E-state index in [1.54, 1.807) is 6.21 Å². The molecule has 0 bridgehead atoms. The topological polar surface area (TPSA) is 60.3 Å². The van der Waals surface area contributed by atoms with Crippen LogP contribution in [0.5, 0.6) is 17.2 Å². The van der Waals surface area contributed by atoms with Gasteiger partial charge < -0.3 is 19.4 Å². The van der Waals surface area contributed by atoms with Crippen LogP contribution >= 0.6 is 23.2 Å². The summed E-state index contributed by atoms with van der Waals surface area (Å²) in [5, 5.41) is 13.8. The maximum Gasteiger partial charge on any atom is 0.156 e. The number of phenols is 1. The number of halogens is 2. The number of nitrogens with zero attached hydrogens (tertiary/aromatic N) is 1. The first-order chi connectivity index (χ1) is 12.6. The third-order valence-electron chi connectivity index (χ3n) is 3.24. The van der Waals surface area contributed by atoms with E-state index in [1.165, 1.54) is 12.1 Å². The predicted octanol–water partition coefficient (Wildman–Crippen LogP) is 5.31. The molecule has 0 fully saturated rings. The minimum atomic E-state index is 0.00102. The highest BCUT2D eigenvalue weighted by atomic mass is 35.5. The Labute approximate surface area is 163 Å². The van der Waals surface area contributed by atoms with Crippen LogP contribution in [0, 0.1) is 0 Å². The number of hydrogen-bond acceptors (Lipinski definition) is 5. The molecule has 2 aromatic carbocycles. The number of aromatic hydroxyl groups is 1. The highest BCUT2D eigenvalue weighted by Gasteiger charge is 2.09. The summed E-state index contributed by atoms with van der Waals surface area (Å²) in [5.74, 6) is 1.12. The minimum absolute atomic E-state index is 0.00102. The predicted molar refractivity (Wildman–Crippen MR) is 104 cm³/mol. The average molecular weight is 398 g/mol. The summed E-state index contributed by atoms with van der Waals surface area (Å²) in [6, 6.07) is 10.3. The lowest BCUT2D eigenvalue weighted by Crippen LogP contribution is -2.05. The first-order valence-corrected chi connectivity index (χ1v) is 9.04. The van der Waals surface area contributed by atoms with Gasteiger partial charge in [-0.25, -0.2) is 0 Å². The van der Waals surface area contributed by atoms with E-state index in [4.69, 9.17) is 37.5 Å². The molecule has 1 N–H and O–H groups in total. The Bertz CT molecular complexity index is 697. The van der Waals surface area contributed by atoms with Gasteiger partial charge in [0.05, 0.1) is 29.5 Å². The zero-order valence-electron chi connectivity index (χ0n) is 14.5. The molecule has 0 heterocycles. The Balaban J connectivity index is 1.71. The fourth-order valence-electron chi connectivity index (χ4n) is 2.00. The van der Waals surface area contributed by atoms with Crippen molar-refractivity contribution in [3.05, 3.63) is 52.0 Å². The summed E-state index contributed by atoms with van der Waals surface area (Å²) in [7, 11) is 0. The summed E-state index contributed by atoms with van der Waals surface area (Å²) in [6.45, 7) is 3.52. The average Bonchev–Trinajstić information content (AvgIpc) is 2.61. The van der Waals surface area contributed by atoms with Crippen LogP contribution in [-0.4, -0.2) is 31.1 Å². The smallest absolute Gasteiger partial charge is 0.156 e. The van der Waals surface area contributed by atoms with Crippen molar-refractivity contribution in [1.29, 1.82) is 0 Å². The maximum absolute atomic E-state index is 9.39. The monoisotopic (exact) mass is 397 g/mol. The summed E-state index contributed by atoms with van der Waals surface area (Å²) in [6.07, 6.45) is 3.25. The Morgan fingerprint density at radius 1 is 1.00 bits per heavy atom. The van der Waals surface area contributed by atoms with Crippen molar-refractivity contribution in [1.82, 2.24) is 0 Å². The minimum Gasteiger partial charge on any atom is -0.508 e. The maximum atomic E-state index is 9.39. The van der Waals surface area contributed by atoms with Gasteiger partial charge in [-0.1, -0.05) is 35.3 Å². The van der Waals surface area contributed by atoms with Crippen molar-refractivity contribution in [2.45, 2.75) is 19.8 Å². The molecule has 5 nitrogen and oxygen atoms in total.